The van der Waals surface area contributed by atoms with Gasteiger partial charge in [-0.3, -0.25) is 0 Å². The summed E-state index contributed by atoms with van der Waals surface area (Å²) in [5, 5.41) is 3.86. The molecule has 0 spiro atoms. The van der Waals surface area contributed by atoms with Crippen LogP contribution >= 0.6 is 12.4 Å². The van der Waals surface area contributed by atoms with Crippen LogP contribution in [0.5, 0.6) is 0 Å². The molecule has 1 rings (SSSR count). The summed E-state index contributed by atoms with van der Waals surface area (Å²) in [5.74, 6) is 0. The van der Waals surface area contributed by atoms with Crippen molar-refractivity contribution in [2.75, 3.05) is 7.11 Å². The highest BCUT2D eigenvalue weighted by Crippen LogP contribution is 2.13. The van der Waals surface area contributed by atoms with E-state index in [1.165, 1.54) is 12.8 Å². The highest BCUT2D eigenvalue weighted by Gasteiger charge is 2.16. The Bertz CT molecular complexity index is 138. The third-order valence-corrected chi connectivity index (χ3v) is 1.83. The molecule has 0 aromatic carbocycles. The van der Waals surface area contributed by atoms with E-state index in [4.69, 9.17) is 5.73 Å². The van der Waals surface area contributed by atoms with E-state index in [9.17, 15) is 0 Å². The molecule has 0 heterocycles. The predicted molar refractivity (Wildman–Crippen MR) is 48.1 cm³/mol. The van der Waals surface area contributed by atoms with E-state index in [-0.39, 0.29) is 18.4 Å². The predicted octanol–water partition coefficient (Wildman–Crippen LogP) is 1.31. The van der Waals surface area contributed by atoms with Gasteiger partial charge in [-0.15, -0.1) is 12.4 Å². The van der Waals surface area contributed by atoms with Gasteiger partial charge in [0.1, 0.15) is 7.11 Å². The standard InChI is InChI=1S/C7H14N2O.ClH/c1-10-9-7-5-3-2-4-6(7)8;/h6H,2-5,8H2,1H3;1H/b9-7-;/t6-;/m0./s1. The topological polar surface area (TPSA) is 47.6 Å². The van der Waals surface area contributed by atoms with Crippen LogP contribution in [0.3, 0.4) is 0 Å². The highest BCUT2D eigenvalue weighted by molar-refractivity contribution is 5.89. The molecule has 2 N–H and O–H groups in total. The Kier molecular flexibility index (Phi) is 5.24. The zero-order valence-electron chi connectivity index (χ0n) is 6.75. The molecular formula is C7H15ClN2O. The van der Waals surface area contributed by atoms with Gasteiger partial charge in [-0.1, -0.05) is 11.6 Å². The molecule has 0 saturated heterocycles. The first-order chi connectivity index (χ1) is 4.84. The fourth-order valence-electron chi connectivity index (χ4n) is 1.25. The normalized spacial score (nSPS) is 27.8. The molecule has 3 nitrogen and oxygen atoms in total. The van der Waals surface area contributed by atoms with Gasteiger partial charge in [0.2, 0.25) is 0 Å². The van der Waals surface area contributed by atoms with E-state index >= 15 is 0 Å². The molecule has 0 unspecified atom stereocenters. The van der Waals surface area contributed by atoms with Gasteiger partial charge in [-0.2, -0.15) is 0 Å². The number of hydrogen-bond donors (Lipinski definition) is 1. The van der Waals surface area contributed by atoms with Crippen molar-refractivity contribution in [2.45, 2.75) is 31.7 Å². The first kappa shape index (κ1) is 10.7. The third kappa shape index (κ3) is 3.08. The van der Waals surface area contributed by atoms with E-state index in [1.807, 2.05) is 0 Å². The molecule has 4 heteroatoms. The Morgan fingerprint density at radius 1 is 1.55 bits per heavy atom. The van der Waals surface area contributed by atoms with Gasteiger partial charge in [0, 0.05) is 6.04 Å². The smallest absolute Gasteiger partial charge is 0.106 e. The van der Waals surface area contributed by atoms with Crippen molar-refractivity contribution in [1.29, 1.82) is 0 Å². The van der Waals surface area contributed by atoms with Crippen LogP contribution in [0.2, 0.25) is 0 Å². The molecule has 0 radical (unpaired) electrons. The second-order valence-corrected chi connectivity index (χ2v) is 2.62. The van der Waals surface area contributed by atoms with Crippen LogP contribution in [-0.2, 0) is 4.84 Å². The van der Waals surface area contributed by atoms with Crippen LogP contribution < -0.4 is 5.73 Å². The summed E-state index contributed by atoms with van der Waals surface area (Å²) >= 11 is 0. The number of nitrogens with zero attached hydrogens (tertiary/aromatic N) is 1. The quantitative estimate of drug-likeness (QED) is 0.616. The van der Waals surface area contributed by atoms with Crippen molar-refractivity contribution in [2.24, 2.45) is 10.9 Å². The molecule has 66 valence electrons. The minimum absolute atomic E-state index is 0. The van der Waals surface area contributed by atoms with Crippen LogP contribution in [0, 0.1) is 0 Å². The van der Waals surface area contributed by atoms with Crippen LogP contribution in [0.15, 0.2) is 5.16 Å². The minimum Gasteiger partial charge on any atom is -0.399 e. The molecule has 0 aromatic heterocycles. The zero-order chi connectivity index (χ0) is 7.40. The average molecular weight is 179 g/mol. The number of hydrogen-bond acceptors (Lipinski definition) is 3. The summed E-state index contributed by atoms with van der Waals surface area (Å²) in [4.78, 5) is 4.66. The number of rotatable bonds is 1. The fourth-order valence-corrected chi connectivity index (χ4v) is 1.25. The maximum absolute atomic E-state index is 5.75. The molecule has 0 aromatic rings. The van der Waals surface area contributed by atoms with Crippen LogP contribution in [0.1, 0.15) is 25.7 Å². The second-order valence-electron chi connectivity index (χ2n) is 2.62. The lowest BCUT2D eigenvalue weighted by Gasteiger charge is -2.18. The SMILES string of the molecule is CO/N=C1/CCCC[C@@H]1N.Cl. The summed E-state index contributed by atoms with van der Waals surface area (Å²) in [6, 6.07) is 0.147. The zero-order valence-corrected chi connectivity index (χ0v) is 7.56. The molecule has 1 atom stereocenters. The maximum Gasteiger partial charge on any atom is 0.106 e. The third-order valence-electron chi connectivity index (χ3n) is 1.83. The molecule has 1 aliphatic rings. The van der Waals surface area contributed by atoms with Gasteiger partial charge in [-0.25, -0.2) is 0 Å². The first-order valence-electron chi connectivity index (χ1n) is 3.70. The van der Waals surface area contributed by atoms with E-state index in [0.29, 0.717) is 0 Å². The van der Waals surface area contributed by atoms with Gasteiger partial charge >= 0.3 is 0 Å². The van der Waals surface area contributed by atoms with E-state index < -0.39 is 0 Å². The van der Waals surface area contributed by atoms with Crippen molar-refractivity contribution < 1.29 is 4.84 Å². The highest BCUT2D eigenvalue weighted by atomic mass is 35.5. The largest absolute Gasteiger partial charge is 0.399 e. The number of nitrogens with two attached hydrogens (primary N) is 1. The van der Waals surface area contributed by atoms with Gasteiger partial charge < -0.3 is 10.6 Å². The lowest BCUT2D eigenvalue weighted by atomic mass is 9.94. The monoisotopic (exact) mass is 178 g/mol. The summed E-state index contributed by atoms with van der Waals surface area (Å²) in [5.41, 5.74) is 6.78. The molecule has 1 fully saturated rings. The Balaban J connectivity index is 0.000001000. The van der Waals surface area contributed by atoms with E-state index in [0.717, 1.165) is 18.6 Å². The van der Waals surface area contributed by atoms with Gasteiger partial charge in [0.05, 0.1) is 5.71 Å². The Hall–Kier alpha value is -0.280. The van der Waals surface area contributed by atoms with Gasteiger partial charge in [0.25, 0.3) is 0 Å². The Labute approximate surface area is 73.4 Å². The van der Waals surface area contributed by atoms with E-state index in [2.05, 4.69) is 9.99 Å². The average Bonchev–Trinajstić information content (AvgIpc) is 1.94. The molecule has 11 heavy (non-hydrogen) atoms. The fraction of sp³-hybridized carbons (Fsp3) is 0.857. The maximum atomic E-state index is 5.75. The van der Waals surface area contributed by atoms with Crippen molar-refractivity contribution in [1.82, 2.24) is 0 Å². The van der Waals surface area contributed by atoms with Crippen molar-refractivity contribution >= 4 is 18.1 Å². The van der Waals surface area contributed by atoms with Crippen molar-refractivity contribution in [3.63, 3.8) is 0 Å². The molecule has 0 aliphatic heterocycles. The summed E-state index contributed by atoms with van der Waals surface area (Å²) in [6.07, 6.45) is 4.50. The Morgan fingerprint density at radius 2 is 2.27 bits per heavy atom. The number of halogens is 1. The van der Waals surface area contributed by atoms with E-state index in [1.54, 1.807) is 7.11 Å². The molecular weight excluding hydrogens is 164 g/mol. The van der Waals surface area contributed by atoms with Crippen molar-refractivity contribution in [3.05, 3.63) is 0 Å². The lowest BCUT2D eigenvalue weighted by molar-refractivity contribution is 0.210. The second kappa shape index (κ2) is 5.38. The summed E-state index contributed by atoms with van der Waals surface area (Å²) < 4.78 is 0. The summed E-state index contributed by atoms with van der Waals surface area (Å²) in [7, 11) is 1.56. The van der Waals surface area contributed by atoms with Crippen LogP contribution in [0.4, 0.5) is 0 Å². The molecule has 0 amide bonds. The van der Waals surface area contributed by atoms with Gasteiger partial charge in [0.15, 0.2) is 0 Å². The summed E-state index contributed by atoms with van der Waals surface area (Å²) in [6.45, 7) is 0. The van der Waals surface area contributed by atoms with Crippen molar-refractivity contribution in [3.8, 4) is 0 Å². The van der Waals surface area contributed by atoms with Gasteiger partial charge in [-0.05, 0) is 19.3 Å². The Morgan fingerprint density at radius 3 is 2.82 bits per heavy atom. The lowest BCUT2D eigenvalue weighted by Crippen LogP contribution is -2.33. The first-order valence-corrected chi connectivity index (χ1v) is 3.70. The molecule has 1 saturated carbocycles. The van der Waals surface area contributed by atoms with Crippen LogP contribution in [-0.4, -0.2) is 18.9 Å². The number of oxime groups is 1. The molecule has 0 bridgehead atoms. The molecule has 1 aliphatic carbocycles. The van der Waals surface area contributed by atoms with Crippen LogP contribution in [0.25, 0.3) is 0 Å². The minimum atomic E-state index is 0.